The molecule has 1 atom stereocenters. The topological polar surface area (TPSA) is 91.6 Å². The zero-order valence-corrected chi connectivity index (χ0v) is 15.3. The van der Waals surface area contributed by atoms with Crippen molar-refractivity contribution in [1.82, 2.24) is 24.2 Å². The van der Waals surface area contributed by atoms with E-state index in [0.717, 1.165) is 0 Å². The second kappa shape index (κ2) is 7.78. The number of sulfonamides is 1. The third-order valence-electron chi connectivity index (χ3n) is 4.50. The molecule has 3 rings (SSSR count). The Morgan fingerprint density at radius 2 is 2.12 bits per heavy atom. The first-order valence-electron chi connectivity index (χ1n) is 8.30. The van der Waals surface area contributed by atoms with Gasteiger partial charge in [-0.2, -0.15) is 4.31 Å². The molecule has 0 aliphatic carbocycles. The fourth-order valence-corrected chi connectivity index (χ4v) is 4.77. The summed E-state index contributed by atoms with van der Waals surface area (Å²) in [5.41, 5.74) is 0.999. The number of likely N-dealkylation sites (N-methyl/N-ethyl adjacent to an activating group) is 1. The zero-order valence-electron chi connectivity index (χ0n) is 14.5. The summed E-state index contributed by atoms with van der Waals surface area (Å²) in [5, 5.41) is 17.0. The Labute approximate surface area is 151 Å². The number of hydrogen-bond donors (Lipinski definition) is 1. The highest BCUT2D eigenvalue weighted by Gasteiger charge is 2.38. The van der Waals surface area contributed by atoms with E-state index >= 15 is 0 Å². The normalized spacial score (nSPS) is 20.1. The van der Waals surface area contributed by atoms with E-state index in [1.54, 1.807) is 31.4 Å². The highest BCUT2D eigenvalue weighted by atomic mass is 32.2. The highest BCUT2D eigenvalue weighted by Crippen LogP contribution is 2.20. The van der Waals surface area contributed by atoms with Crippen LogP contribution in [0.3, 0.4) is 0 Å². The number of nitrogens with zero attached hydrogens (tertiary/aromatic N) is 5. The second-order valence-electron chi connectivity index (χ2n) is 6.43. The lowest BCUT2D eigenvalue weighted by molar-refractivity contribution is 0.182. The first-order chi connectivity index (χ1) is 12.4. The Morgan fingerprint density at radius 1 is 1.35 bits per heavy atom. The van der Waals surface area contributed by atoms with Crippen molar-refractivity contribution in [1.29, 1.82) is 0 Å². The van der Waals surface area contributed by atoms with Crippen LogP contribution in [0.15, 0.2) is 30.5 Å². The summed E-state index contributed by atoms with van der Waals surface area (Å²) in [4.78, 5) is 1.84. The van der Waals surface area contributed by atoms with Gasteiger partial charge < -0.3 is 5.11 Å². The van der Waals surface area contributed by atoms with Gasteiger partial charge in [-0.05, 0) is 13.1 Å². The predicted octanol–water partition coefficient (Wildman–Crippen LogP) is -0.0964. The molecule has 0 bridgehead atoms. The molecule has 1 saturated heterocycles. The van der Waals surface area contributed by atoms with Crippen molar-refractivity contribution in [3.05, 3.63) is 47.5 Å². The van der Waals surface area contributed by atoms with Crippen molar-refractivity contribution >= 4 is 10.0 Å². The summed E-state index contributed by atoms with van der Waals surface area (Å²) in [7, 11) is -1.58. The number of aromatic nitrogens is 3. The van der Waals surface area contributed by atoms with Gasteiger partial charge >= 0.3 is 0 Å². The van der Waals surface area contributed by atoms with Crippen LogP contribution >= 0.6 is 0 Å². The molecule has 1 aromatic heterocycles. The Balaban J connectivity index is 1.66. The predicted molar refractivity (Wildman–Crippen MR) is 93.2 cm³/mol. The van der Waals surface area contributed by atoms with Crippen molar-refractivity contribution in [2.24, 2.45) is 0 Å². The number of benzene rings is 1. The molecule has 1 unspecified atom stereocenters. The SMILES string of the molecule is CN(CCO)C1CN(Cc2cn(Cc3ccccc3F)nn2)S(=O)(=O)C1. The fourth-order valence-electron chi connectivity index (χ4n) is 2.99. The number of aliphatic hydroxyl groups is 1. The molecule has 8 nitrogen and oxygen atoms in total. The number of aliphatic hydroxyl groups excluding tert-OH is 1. The third kappa shape index (κ3) is 4.26. The Hall–Kier alpha value is -1.88. The van der Waals surface area contributed by atoms with E-state index in [1.807, 2.05) is 4.90 Å². The van der Waals surface area contributed by atoms with Crippen LogP contribution in [0.5, 0.6) is 0 Å². The maximum absolute atomic E-state index is 13.7. The molecule has 10 heteroatoms. The van der Waals surface area contributed by atoms with Gasteiger partial charge in [0.25, 0.3) is 0 Å². The Bertz CT molecular complexity index is 857. The molecule has 0 spiro atoms. The van der Waals surface area contributed by atoms with Crippen LogP contribution in [0.1, 0.15) is 11.3 Å². The van der Waals surface area contributed by atoms with Crippen LogP contribution in [0.2, 0.25) is 0 Å². The molecule has 1 aromatic carbocycles. The van der Waals surface area contributed by atoms with Crippen LogP contribution in [0.25, 0.3) is 0 Å². The van der Waals surface area contributed by atoms with Gasteiger partial charge in [-0.15, -0.1) is 5.10 Å². The quantitative estimate of drug-likeness (QED) is 0.718. The molecule has 0 saturated carbocycles. The van der Waals surface area contributed by atoms with Gasteiger partial charge in [0.1, 0.15) is 5.82 Å². The molecule has 26 heavy (non-hydrogen) atoms. The van der Waals surface area contributed by atoms with Gasteiger partial charge in [-0.25, -0.2) is 17.5 Å². The first kappa shape index (κ1) is 18.9. The van der Waals surface area contributed by atoms with Gasteiger partial charge in [-0.3, -0.25) is 4.90 Å². The Morgan fingerprint density at radius 3 is 2.85 bits per heavy atom. The van der Waals surface area contributed by atoms with Crippen molar-refractivity contribution < 1.29 is 17.9 Å². The third-order valence-corrected chi connectivity index (χ3v) is 6.37. The second-order valence-corrected chi connectivity index (χ2v) is 8.44. The highest BCUT2D eigenvalue weighted by molar-refractivity contribution is 7.89. The summed E-state index contributed by atoms with van der Waals surface area (Å²) in [6, 6.07) is 6.25. The van der Waals surface area contributed by atoms with E-state index in [2.05, 4.69) is 10.3 Å². The Kier molecular flexibility index (Phi) is 5.66. The zero-order chi connectivity index (χ0) is 18.7. The summed E-state index contributed by atoms with van der Waals surface area (Å²) in [5.74, 6) is -0.297. The number of rotatable bonds is 7. The van der Waals surface area contributed by atoms with E-state index in [9.17, 15) is 12.8 Å². The molecular weight excluding hydrogens is 361 g/mol. The van der Waals surface area contributed by atoms with Crippen LogP contribution in [0, 0.1) is 5.82 Å². The van der Waals surface area contributed by atoms with Crippen LogP contribution in [-0.4, -0.2) is 76.3 Å². The van der Waals surface area contributed by atoms with Gasteiger partial charge in [0, 0.05) is 24.7 Å². The van der Waals surface area contributed by atoms with Crippen LogP contribution in [0.4, 0.5) is 4.39 Å². The largest absolute Gasteiger partial charge is 0.395 e. The standard InChI is InChI=1S/C16H22FN5O3S/c1-20(6-7-23)15-11-22(26(24,25)12-15)10-14-9-21(19-18-14)8-13-4-2-3-5-16(13)17/h2-5,9,15,23H,6-8,10-12H2,1H3. The number of halogens is 1. The minimum Gasteiger partial charge on any atom is -0.395 e. The summed E-state index contributed by atoms with van der Waals surface area (Å²) < 4.78 is 41.3. The minimum atomic E-state index is -3.38. The van der Waals surface area contributed by atoms with Gasteiger partial charge in [-0.1, -0.05) is 23.4 Å². The lowest BCUT2D eigenvalue weighted by Crippen LogP contribution is -2.37. The molecule has 2 heterocycles. The van der Waals surface area contributed by atoms with E-state index < -0.39 is 10.0 Å². The molecule has 142 valence electrons. The fraction of sp³-hybridized carbons (Fsp3) is 0.500. The van der Waals surface area contributed by atoms with Crippen LogP contribution < -0.4 is 0 Å². The van der Waals surface area contributed by atoms with Gasteiger partial charge in [0.2, 0.25) is 10.0 Å². The molecule has 1 fully saturated rings. The number of hydrogen-bond acceptors (Lipinski definition) is 6. The van der Waals surface area contributed by atoms with E-state index in [-0.39, 0.29) is 37.3 Å². The average Bonchev–Trinajstić information content (AvgIpc) is 3.14. The summed E-state index contributed by atoms with van der Waals surface area (Å²) in [6.07, 6.45) is 1.63. The van der Waals surface area contributed by atoms with E-state index in [1.165, 1.54) is 15.1 Å². The minimum absolute atomic E-state index is 0.0164. The van der Waals surface area contributed by atoms with Crippen LogP contribution in [-0.2, 0) is 23.1 Å². The molecule has 0 amide bonds. The lowest BCUT2D eigenvalue weighted by atomic mass is 10.2. The van der Waals surface area contributed by atoms with Crippen molar-refractivity contribution in [3.8, 4) is 0 Å². The van der Waals surface area contributed by atoms with E-state index in [0.29, 0.717) is 24.3 Å². The van der Waals surface area contributed by atoms with Crippen molar-refractivity contribution in [2.45, 2.75) is 19.1 Å². The summed E-state index contributed by atoms with van der Waals surface area (Å²) in [6.45, 7) is 1.11. The summed E-state index contributed by atoms with van der Waals surface area (Å²) >= 11 is 0. The van der Waals surface area contributed by atoms with Crippen molar-refractivity contribution in [2.75, 3.05) is 32.5 Å². The lowest BCUT2D eigenvalue weighted by Gasteiger charge is -2.21. The molecular formula is C16H22FN5O3S. The molecule has 2 aromatic rings. The molecule has 0 radical (unpaired) electrons. The van der Waals surface area contributed by atoms with Crippen molar-refractivity contribution in [3.63, 3.8) is 0 Å². The van der Waals surface area contributed by atoms with Gasteiger partial charge in [0.15, 0.2) is 0 Å². The molecule has 1 aliphatic heterocycles. The monoisotopic (exact) mass is 383 g/mol. The smallest absolute Gasteiger partial charge is 0.216 e. The average molecular weight is 383 g/mol. The first-order valence-corrected chi connectivity index (χ1v) is 9.91. The maximum Gasteiger partial charge on any atom is 0.216 e. The molecule has 1 N–H and O–H groups in total. The maximum atomic E-state index is 13.7. The molecule has 1 aliphatic rings. The van der Waals surface area contributed by atoms with E-state index in [4.69, 9.17) is 5.11 Å². The van der Waals surface area contributed by atoms with Gasteiger partial charge in [0.05, 0.1) is 37.3 Å².